The zero-order valence-electron chi connectivity index (χ0n) is 12.4. The molecule has 2 atom stereocenters. The zero-order valence-corrected chi connectivity index (χ0v) is 12.4. The number of carbonyl (C=O) groups excluding carboxylic acids is 1. The molecule has 1 fully saturated rings. The van der Waals surface area contributed by atoms with E-state index in [9.17, 15) is 14.7 Å². The molecule has 2 N–H and O–H groups in total. The first-order chi connectivity index (χ1) is 10.1. The summed E-state index contributed by atoms with van der Waals surface area (Å²) in [4.78, 5) is 23.8. The highest BCUT2D eigenvalue weighted by molar-refractivity contribution is 5.92. The van der Waals surface area contributed by atoms with Crippen LogP contribution in [0.5, 0.6) is 0 Å². The Morgan fingerprint density at radius 1 is 1.38 bits per heavy atom. The smallest absolute Gasteiger partial charge is 0.272 e. The molecule has 0 saturated heterocycles. The zero-order chi connectivity index (χ0) is 15.2. The van der Waals surface area contributed by atoms with Gasteiger partial charge in [0, 0.05) is 12.6 Å². The summed E-state index contributed by atoms with van der Waals surface area (Å²) in [7, 11) is 0. The van der Waals surface area contributed by atoms with Gasteiger partial charge >= 0.3 is 0 Å². The third-order valence-electron chi connectivity index (χ3n) is 3.83. The fourth-order valence-corrected chi connectivity index (χ4v) is 2.64. The van der Waals surface area contributed by atoms with Crippen LogP contribution in [0, 0.1) is 0 Å². The Kier molecular flexibility index (Phi) is 5.50. The first kappa shape index (κ1) is 15.7. The summed E-state index contributed by atoms with van der Waals surface area (Å²) in [6.07, 6.45) is 4.85. The molecule has 0 aromatic carbocycles. The van der Waals surface area contributed by atoms with Crippen LogP contribution in [0.3, 0.4) is 0 Å². The van der Waals surface area contributed by atoms with Crippen LogP contribution in [0.1, 0.15) is 55.9 Å². The average Bonchev–Trinajstić information content (AvgIpc) is 2.67. The average molecular weight is 293 g/mol. The Morgan fingerprint density at radius 2 is 2.14 bits per heavy atom. The number of aromatic nitrogens is 2. The lowest BCUT2D eigenvalue weighted by Crippen LogP contribution is -2.43. The predicted octanol–water partition coefficient (Wildman–Crippen LogP) is 1.08. The van der Waals surface area contributed by atoms with E-state index in [0.29, 0.717) is 13.0 Å². The largest absolute Gasteiger partial charge is 0.391 e. The van der Waals surface area contributed by atoms with Crippen molar-refractivity contribution >= 4 is 5.91 Å². The van der Waals surface area contributed by atoms with Gasteiger partial charge in [-0.2, -0.15) is 5.10 Å². The molecule has 6 heteroatoms. The van der Waals surface area contributed by atoms with Gasteiger partial charge in [0.05, 0.1) is 12.1 Å². The Morgan fingerprint density at radius 3 is 2.90 bits per heavy atom. The Bertz CT molecular complexity index is 541. The van der Waals surface area contributed by atoms with Gasteiger partial charge in [-0.1, -0.05) is 26.2 Å². The van der Waals surface area contributed by atoms with Crippen LogP contribution in [0.4, 0.5) is 0 Å². The van der Waals surface area contributed by atoms with Crippen molar-refractivity contribution in [3.05, 3.63) is 28.2 Å². The number of hydrogen-bond acceptors (Lipinski definition) is 4. The molecular weight excluding hydrogens is 270 g/mol. The minimum Gasteiger partial charge on any atom is -0.391 e. The molecule has 6 nitrogen and oxygen atoms in total. The lowest BCUT2D eigenvalue weighted by atomic mass is 10.1. The molecule has 21 heavy (non-hydrogen) atoms. The molecule has 1 aliphatic rings. The van der Waals surface area contributed by atoms with Crippen molar-refractivity contribution in [2.75, 3.05) is 0 Å². The molecule has 0 spiro atoms. The Labute approximate surface area is 124 Å². The van der Waals surface area contributed by atoms with Gasteiger partial charge in [0.15, 0.2) is 0 Å². The summed E-state index contributed by atoms with van der Waals surface area (Å²) < 4.78 is 1.30. The minimum atomic E-state index is -0.502. The molecule has 116 valence electrons. The fourth-order valence-electron chi connectivity index (χ4n) is 2.64. The molecule has 0 aliphatic heterocycles. The number of aryl methyl sites for hydroxylation is 1. The van der Waals surface area contributed by atoms with Crippen molar-refractivity contribution in [1.82, 2.24) is 15.1 Å². The van der Waals surface area contributed by atoms with Crippen molar-refractivity contribution < 1.29 is 9.90 Å². The van der Waals surface area contributed by atoms with Gasteiger partial charge in [-0.05, 0) is 25.3 Å². The van der Waals surface area contributed by atoms with E-state index >= 15 is 0 Å². The van der Waals surface area contributed by atoms with Gasteiger partial charge in [0.25, 0.3) is 11.5 Å². The summed E-state index contributed by atoms with van der Waals surface area (Å²) in [5, 5.41) is 17.0. The van der Waals surface area contributed by atoms with E-state index in [0.717, 1.165) is 32.1 Å². The number of nitrogens with one attached hydrogen (secondary N) is 1. The number of aliphatic hydroxyl groups is 1. The molecule has 1 amide bonds. The summed E-state index contributed by atoms with van der Waals surface area (Å²) in [5.74, 6) is -0.328. The van der Waals surface area contributed by atoms with Crippen molar-refractivity contribution in [3.8, 4) is 0 Å². The molecule has 1 heterocycles. The maximum atomic E-state index is 12.2. The van der Waals surface area contributed by atoms with Gasteiger partial charge in [-0.3, -0.25) is 9.59 Å². The number of nitrogens with zero attached hydrogens (tertiary/aromatic N) is 2. The second kappa shape index (κ2) is 7.36. The second-order valence-corrected chi connectivity index (χ2v) is 5.57. The van der Waals surface area contributed by atoms with E-state index in [4.69, 9.17) is 0 Å². The molecular formula is C15H23N3O3. The molecule has 1 saturated carbocycles. The normalized spacial score (nSPS) is 22.6. The maximum Gasteiger partial charge on any atom is 0.272 e. The predicted molar refractivity (Wildman–Crippen MR) is 79.1 cm³/mol. The SMILES string of the molecule is CCCn1nc(C(=O)NC2CCCCCC2O)ccc1=O. The van der Waals surface area contributed by atoms with Crippen molar-refractivity contribution in [2.24, 2.45) is 0 Å². The first-order valence-electron chi connectivity index (χ1n) is 7.69. The van der Waals surface area contributed by atoms with Gasteiger partial charge in [-0.15, -0.1) is 0 Å². The summed E-state index contributed by atoms with van der Waals surface area (Å²) in [6, 6.07) is 2.57. The van der Waals surface area contributed by atoms with E-state index < -0.39 is 6.10 Å². The minimum absolute atomic E-state index is 0.206. The van der Waals surface area contributed by atoms with Crippen molar-refractivity contribution in [2.45, 2.75) is 64.1 Å². The monoisotopic (exact) mass is 293 g/mol. The quantitative estimate of drug-likeness (QED) is 0.814. The van der Waals surface area contributed by atoms with Crippen LogP contribution in [-0.4, -0.2) is 32.9 Å². The standard InChI is InChI=1S/C15H23N3O3/c1-2-10-18-14(20)9-8-12(17-18)15(21)16-11-6-4-3-5-7-13(11)19/h8-9,11,13,19H,2-7,10H2,1H3,(H,16,21). The van der Waals surface area contributed by atoms with Crippen LogP contribution in [0.15, 0.2) is 16.9 Å². The van der Waals surface area contributed by atoms with E-state index in [-0.39, 0.29) is 23.2 Å². The summed E-state index contributed by atoms with van der Waals surface area (Å²) in [6.45, 7) is 2.44. The van der Waals surface area contributed by atoms with E-state index in [1.807, 2.05) is 6.92 Å². The molecule has 1 aromatic rings. The highest BCUT2D eigenvalue weighted by Crippen LogP contribution is 2.18. The highest BCUT2D eigenvalue weighted by atomic mass is 16.3. The Hall–Kier alpha value is -1.69. The van der Waals surface area contributed by atoms with Crippen molar-refractivity contribution in [3.63, 3.8) is 0 Å². The van der Waals surface area contributed by atoms with Crippen LogP contribution in [-0.2, 0) is 6.54 Å². The third-order valence-corrected chi connectivity index (χ3v) is 3.83. The molecule has 1 aliphatic carbocycles. The van der Waals surface area contributed by atoms with Crippen LogP contribution < -0.4 is 10.9 Å². The van der Waals surface area contributed by atoms with Crippen LogP contribution in [0.2, 0.25) is 0 Å². The molecule has 2 rings (SSSR count). The van der Waals surface area contributed by atoms with E-state index in [1.165, 1.54) is 16.8 Å². The van der Waals surface area contributed by atoms with Gasteiger partial charge in [0.2, 0.25) is 0 Å². The lowest BCUT2D eigenvalue weighted by molar-refractivity contribution is 0.0812. The summed E-state index contributed by atoms with van der Waals surface area (Å²) >= 11 is 0. The van der Waals surface area contributed by atoms with Gasteiger partial charge < -0.3 is 10.4 Å². The third kappa shape index (κ3) is 4.14. The van der Waals surface area contributed by atoms with Gasteiger partial charge in [0.1, 0.15) is 5.69 Å². The summed E-state index contributed by atoms with van der Waals surface area (Å²) in [5.41, 5.74) is 0.0161. The van der Waals surface area contributed by atoms with Gasteiger partial charge in [-0.25, -0.2) is 4.68 Å². The number of rotatable bonds is 4. The van der Waals surface area contributed by atoms with E-state index in [2.05, 4.69) is 10.4 Å². The molecule has 1 aromatic heterocycles. The number of carbonyl (C=O) groups is 1. The molecule has 0 bridgehead atoms. The van der Waals surface area contributed by atoms with Crippen LogP contribution >= 0.6 is 0 Å². The topological polar surface area (TPSA) is 84.2 Å². The number of amides is 1. The fraction of sp³-hybridized carbons (Fsp3) is 0.667. The highest BCUT2D eigenvalue weighted by Gasteiger charge is 2.24. The lowest BCUT2D eigenvalue weighted by Gasteiger charge is -2.21. The number of hydrogen-bond donors (Lipinski definition) is 2. The second-order valence-electron chi connectivity index (χ2n) is 5.57. The van der Waals surface area contributed by atoms with Crippen molar-refractivity contribution in [1.29, 1.82) is 0 Å². The van der Waals surface area contributed by atoms with E-state index in [1.54, 1.807) is 0 Å². The molecule has 0 radical (unpaired) electrons. The maximum absolute atomic E-state index is 12.2. The van der Waals surface area contributed by atoms with Crippen LogP contribution in [0.25, 0.3) is 0 Å². The number of aliphatic hydroxyl groups excluding tert-OH is 1. The molecule has 2 unspecified atom stereocenters. The first-order valence-corrected chi connectivity index (χ1v) is 7.69. The Balaban J connectivity index is 2.08.